The van der Waals surface area contributed by atoms with Crippen LogP contribution >= 0.6 is 11.3 Å². The third kappa shape index (κ3) is 3.22. The topological polar surface area (TPSA) is 93.7 Å². The van der Waals surface area contributed by atoms with Gasteiger partial charge in [0.1, 0.15) is 5.01 Å². The molecule has 1 fully saturated rings. The first-order valence-corrected chi connectivity index (χ1v) is 9.24. The summed E-state index contributed by atoms with van der Waals surface area (Å²) in [5, 5.41) is 12.4. The van der Waals surface area contributed by atoms with Gasteiger partial charge in [0, 0.05) is 19.5 Å². The normalized spacial score (nSPS) is 18.4. The van der Waals surface area contributed by atoms with E-state index in [0.29, 0.717) is 29.7 Å². The van der Waals surface area contributed by atoms with Gasteiger partial charge < -0.3 is 14.8 Å². The highest BCUT2D eigenvalue weighted by Gasteiger charge is 2.36. The van der Waals surface area contributed by atoms with Crippen molar-refractivity contribution in [2.45, 2.75) is 26.3 Å². The van der Waals surface area contributed by atoms with Crippen LogP contribution in [-0.4, -0.2) is 35.3 Å². The summed E-state index contributed by atoms with van der Waals surface area (Å²) < 4.78 is 10.6. The number of carbonyl (C=O) groups excluding carboxylic acids is 2. The van der Waals surface area contributed by atoms with Crippen LogP contribution in [0, 0.1) is 5.92 Å². The Labute approximate surface area is 154 Å². The largest absolute Gasteiger partial charge is 0.454 e. The van der Waals surface area contributed by atoms with Crippen LogP contribution in [0.25, 0.3) is 0 Å². The molecule has 0 radical (unpaired) electrons. The number of ether oxygens (including phenoxy) is 2. The van der Waals surface area contributed by atoms with E-state index in [4.69, 9.17) is 9.47 Å². The molecule has 1 N–H and O–H groups in total. The molecule has 8 nitrogen and oxygen atoms in total. The van der Waals surface area contributed by atoms with Crippen LogP contribution in [0.4, 0.5) is 5.13 Å². The van der Waals surface area contributed by atoms with Crippen molar-refractivity contribution in [2.24, 2.45) is 5.92 Å². The van der Waals surface area contributed by atoms with E-state index in [9.17, 15) is 9.59 Å². The Balaban J connectivity index is 1.36. The highest BCUT2D eigenvalue weighted by atomic mass is 32.1. The lowest BCUT2D eigenvalue weighted by Crippen LogP contribution is -2.32. The number of fused-ring (bicyclic) bond motifs is 1. The van der Waals surface area contributed by atoms with Gasteiger partial charge in [-0.3, -0.25) is 14.5 Å². The van der Waals surface area contributed by atoms with E-state index in [-0.39, 0.29) is 30.9 Å². The summed E-state index contributed by atoms with van der Waals surface area (Å²) in [5.74, 6) is 0.777. The van der Waals surface area contributed by atoms with Gasteiger partial charge in [0.15, 0.2) is 11.5 Å². The van der Waals surface area contributed by atoms with Gasteiger partial charge in [-0.1, -0.05) is 24.3 Å². The number of hydrogen-bond donors (Lipinski definition) is 1. The Morgan fingerprint density at radius 1 is 1.35 bits per heavy atom. The van der Waals surface area contributed by atoms with Gasteiger partial charge in [-0.05, 0) is 24.1 Å². The van der Waals surface area contributed by atoms with Crippen molar-refractivity contribution < 1.29 is 19.1 Å². The number of nitrogens with one attached hydrogen (secondary N) is 1. The maximum absolute atomic E-state index is 12.5. The molecule has 0 bridgehead atoms. The molecule has 1 unspecified atom stereocenters. The fourth-order valence-corrected chi connectivity index (χ4v) is 3.75. The van der Waals surface area contributed by atoms with E-state index in [1.54, 1.807) is 4.90 Å². The SMILES string of the molecule is CCc1nnc(N2CC(C(=O)NCc3ccc4c(c3)OCO4)CC2=O)s1. The number of aromatic nitrogens is 2. The molecule has 1 saturated heterocycles. The van der Waals surface area contributed by atoms with Crippen molar-refractivity contribution in [1.82, 2.24) is 15.5 Å². The molecule has 2 aromatic rings. The second-order valence-electron chi connectivity index (χ2n) is 6.14. The van der Waals surface area contributed by atoms with Crippen LogP contribution in [0.15, 0.2) is 18.2 Å². The zero-order chi connectivity index (χ0) is 18.1. The molecular weight excluding hydrogens is 356 g/mol. The molecule has 0 aliphatic carbocycles. The van der Waals surface area contributed by atoms with Crippen LogP contribution in [0.2, 0.25) is 0 Å². The predicted molar refractivity (Wildman–Crippen MR) is 94.2 cm³/mol. The van der Waals surface area contributed by atoms with Crippen molar-refractivity contribution in [2.75, 3.05) is 18.2 Å². The third-order valence-corrected chi connectivity index (χ3v) is 5.48. The fourth-order valence-electron chi connectivity index (χ4n) is 2.95. The Hall–Kier alpha value is -2.68. The molecule has 0 spiro atoms. The molecule has 2 aliphatic rings. The number of hydrogen-bond acceptors (Lipinski definition) is 7. The molecule has 3 heterocycles. The lowest BCUT2D eigenvalue weighted by atomic mass is 10.1. The smallest absolute Gasteiger partial charge is 0.231 e. The van der Waals surface area contributed by atoms with Crippen LogP contribution < -0.4 is 19.7 Å². The van der Waals surface area contributed by atoms with E-state index in [0.717, 1.165) is 17.0 Å². The van der Waals surface area contributed by atoms with Gasteiger partial charge in [0.05, 0.1) is 5.92 Å². The maximum Gasteiger partial charge on any atom is 0.231 e. The fraction of sp³-hybridized carbons (Fsp3) is 0.412. The highest BCUT2D eigenvalue weighted by Crippen LogP contribution is 2.32. The molecule has 4 rings (SSSR count). The monoisotopic (exact) mass is 374 g/mol. The molecular formula is C17H18N4O4S. The molecule has 0 saturated carbocycles. The van der Waals surface area contributed by atoms with Crippen molar-refractivity contribution in [3.63, 3.8) is 0 Å². The van der Waals surface area contributed by atoms with E-state index in [1.165, 1.54) is 11.3 Å². The quantitative estimate of drug-likeness (QED) is 0.852. The van der Waals surface area contributed by atoms with Crippen molar-refractivity contribution in [1.29, 1.82) is 0 Å². The standard InChI is InChI=1S/C17H18N4O4S/c1-2-14-19-20-17(26-14)21-8-11(6-15(21)22)16(23)18-7-10-3-4-12-13(5-10)25-9-24-12/h3-5,11H,2,6-9H2,1H3,(H,18,23). The van der Waals surface area contributed by atoms with Crippen molar-refractivity contribution >= 4 is 28.3 Å². The highest BCUT2D eigenvalue weighted by molar-refractivity contribution is 7.15. The third-order valence-electron chi connectivity index (χ3n) is 4.39. The summed E-state index contributed by atoms with van der Waals surface area (Å²) in [6.07, 6.45) is 0.965. The molecule has 1 aromatic heterocycles. The van der Waals surface area contributed by atoms with Gasteiger partial charge in [-0.15, -0.1) is 10.2 Å². The first kappa shape index (κ1) is 16.8. The zero-order valence-electron chi connectivity index (χ0n) is 14.2. The number of anilines is 1. The summed E-state index contributed by atoms with van der Waals surface area (Å²) in [7, 11) is 0. The second-order valence-corrected chi connectivity index (χ2v) is 7.18. The van der Waals surface area contributed by atoms with Crippen LogP contribution in [0.5, 0.6) is 11.5 Å². The molecule has 136 valence electrons. The lowest BCUT2D eigenvalue weighted by molar-refractivity contribution is -0.126. The van der Waals surface area contributed by atoms with Gasteiger partial charge in [0.2, 0.25) is 23.7 Å². The molecule has 1 aromatic carbocycles. The Bertz CT molecular complexity index is 853. The van der Waals surface area contributed by atoms with Crippen molar-refractivity contribution in [3.8, 4) is 11.5 Å². The van der Waals surface area contributed by atoms with E-state index in [2.05, 4.69) is 15.5 Å². The van der Waals surface area contributed by atoms with Gasteiger partial charge in [-0.25, -0.2) is 0 Å². The minimum Gasteiger partial charge on any atom is -0.454 e. The minimum absolute atomic E-state index is 0.0907. The lowest BCUT2D eigenvalue weighted by Gasteiger charge is -2.13. The van der Waals surface area contributed by atoms with Crippen LogP contribution in [0.3, 0.4) is 0 Å². The second kappa shape index (κ2) is 6.91. The number of nitrogens with zero attached hydrogens (tertiary/aromatic N) is 3. The molecule has 2 aliphatic heterocycles. The molecule has 2 amide bonds. The van der Waals surface area contributed by atoms with Crippen LogP contribution in [-0.2, 0) is 22.6 Å². The van der Waals surface area contributed by atoms with E-state index >= 15 is 0 Å². The molecule has 26 heavy (non-hydrogen) atoms. The van der Waals surface area contributed by atoms with Crippen molar-refractivity contribution in [3.05, 3.63) is 28.8 Å². The van der Waals surface area contributed by atoms with Gasteiger partial charge in [-0.2, -0.15) is 0 Å². The number of rotatable bonds is 5. The summed E-state index contributed by atoms with van der Waals surface area (Å²) in [6.45, 7) is 2.92. The Morgan fingerprint density at radius 3 is 3.00 bits per heavy atom. The van der Waals surface area contributed by atoms with Gasteiger partial charge >= 0.3 is 0 Å². The first-order valence-electron chi connectivity index (χ1n) is 8.43. The predicted octanol–water partition coefficient (Wildman–Crippen LogP) is 1.50. The number of benzene rings is 1. The van der Waals surface area contributed by atoms with Gasteiger partial charge in [0.25, 0.3) is 0 Å². The summed E-state index contributed by atoms with van der Waals surface area (Å²) in [6, 6.07) is 5.56. The first-order chi connectivity index (χ1) is 12.6. The van der Waals surface area contributed by atoms with E-state index < -0.39 is 0 Å². The average molecular weight is 374 g/mol. The van der Waals surface area contributed by atoms with Crippen LogP contribution in [0.1, 0.15) is 23.9 Å². The maximum atomic E-state index is 12.5. The molecule has 9 heteroatoms. The number of aryl methyl sites for hydroxylation is 1. The van der Waals surface area contributed by atoms with E-state index in [1.807, 2.05) is 25.1 Å². The minimum atomic E-state index is -0.384. The molecule has 1 atom stereocenters. The summed E-state index contributed by atoms with van der Waals surface area (Å²) in [4.78, 5) is 26.3. The summed E-state index contributed by atoms with van der Waals surface area (Å²) >= 11 is 1.39. The average Bonchev–Trinajstić information content (AvgIpc) is 3.37. The number of carbonyl (C=O) groups is 2. The Kier molecular flexibility index (Phi) is 4.46. The summed E-state index contributed by atoms with van der Waals surface area (Å²) in [5.41, 5.74) is 0.917. The Morgan fingerprint density at radius 2 is 2.19 bits per heavy atom. The zero-order valence-corrected chi connectivity index (χ0v) is 15.0. The number of amides is 2.